The number of nitrogens with zero attached hydrogens (tertiary/aromatic N) is 5. The van der Waals surface area contributed by atoms with Gasteiger partial charge in [0.15, 0.2) is 5.82 Å². The van der Waals surface area contributed by atoms with Gasteiger partial charge in [0, 0.05) is 13.1 Å². The topological polar surface area (TPSA) is 101 Å². The van der Waals surface area contributed by atoms with Crippen molar-refractivity contribution in [3.63, 3.8) is 0 Å². The third-order valence-corrected chi connectivity index (χ3v) is 3.11. The van der Waals surface area contributed by atoms with E-state index in [4.69, 9.17) is 5.11 Å². The van der Waals surface area contributed by atoms with Crippen LogP contribution in [0.5, 0.6) is 0 Å². The van der Waals surface area contributed by atoms with E-state index in [1.807, 2.05) is 4.57 Å². The molecular formula is C12H11N5O3. The molecule has 1 aliphatic heterocycles. The number of aromatic carboxylic acids is 1. The average molecular weight is 273 g/mol. The summed E-state index contributed by atoms with van der Waals surface area (Å²) in [5.41, 5.74) is -0.0195. The van der Waals surface area contributed by atoms with Gasteiger partial charge in [0.25, 0.3) is 5.91 Å². The summed E-state index contributed by atoms with van der Waals surface area (Å²) < 4.78 is 1.88. The van der Waals surface area contributed by atoms with Gasteiger partial charge < -0.3 is 14.6 Å². The summed E-state index contributed by atoms with van der Waals surface area (Å²) in [4.78, 5) is 28.6. The lowest BCUT2D eigenvalue weighted by Crippen LogP contribution is -2.38. The number of carboxylic acids is 1. The first-order valence-corrected chi connectivity index (χ1v) is 6.01. The van der Waals surface area contributed by atoms with E-state index in [1.54, 1.807) is 11.2 Å². The SMILES string of the molecule is O=C(O)c1cccc(C(=O)N2CCn3cnnc3C2)n1. The van der Waals surface area contributed by atoms with Gasteiger partial charge in [0.05, 0.1) is 6.54 Å². The first-order chi connectivity index (χ1) is 9.65. The summed E-state index contributed by atoms with van der Waals surface area (Å²) in [6.45, 7) is 1.48. The number of carbonyl (C=O) groups excluding carboxylic acids is 1. The molecule has 1 N–H and O–H groups in total. The van der Waals surface area contributed by atoms with Crippen LogP contribution in [-0.4, -0.2) is 48.2 Å². The molecule has 2 aromatic heterocycles. The number of hydrogen-bond donors (Lipinski definition) is 1. The molecule has 0 spiro atoms. The standard InChI is InChI=1S/C12H11N5O3/c18-11(8-2-1-3-9(14-8)12(19)20)16-4-5-17-7-13-15-10(17)6-16/h1-3,7H,4-6H2,(H,19,20). The third kappa shape index (κ3) is 2.11. The van der Waals surface area contributed by atoms with Crippen LogP contribution < -0.4 is 0 Å². The molecule has 0 aliphatic carbocycles. The highest BCUT2D eigenvalue weighted by Gasteiger charge is 2.24. The Labute approximate surface area is 113 Å². The van der Waals surface area contributed by atoms with Crippen LogP contribution in [0.4, 0.5) is 0 Å². The minimum atomic E-state index is -1.15. The van der Waals surface area contributed by atoms with Crippen molar-refractivity contribution in [2.75, 3.05) is 6.54 Å². The van der Waals surface area contributed by atoms with Gasteiger partial charge >= 0.3 is 5.97 Å². The Hall–Kier alpha value is -2.77. The van der Waals surface area contributed by atoms with Crippen molar-refractivity contribution in [3.05, 3.63) is 41.7 Å². The van der Waals surface area contributed by atoms with Crippen molar-refractivity contribution in [1.29, 1.82) is 0 Å². The van der Waals surface area contributed by atoms with E-state index in [9.17, 15) is 9.59 Å². The number of carbonyl (C=O) groups is 2. The highest BCUT2D eigenvalue weighted by molar-refractivity contribution is 5.94. The van der Waals surface area contributed by atoms with Crippen LogP contribution in [0.15, 0.2) is 24.5 Å². The number of carboxylic acid groups (broad SMARTS) is 1. The Morgan fingerprint density at radius 3 is 2.80 bits per heavy atom. The molecule has 8 nitrogen and oxygen atoms in total. The predicted octanol–water partition coefficient (Wildman–Crippen LogP) is 0.0273. The van der Waals surface area contributed by atoms with Crippen molar-refractivity contribution >= 4 is 11.9 Å². The van der Waals surface area contributed by atoms with E-state index in [-0.39, 0.29) is 17.3 Å². The fourth-order valence-corrected chi connectivity index (χ4v) is 2.07. The van der Waals surface area contributed by atoms with Crippen LogP contribution in [0, 0.1) is 0 Å². The lowest BCUT2D eigenvalue weighted by Gasteiger charge is -2.26. The van der Waals surface area contributed by atoms with Gasteiger partial charge in [0.2, 0.25) is 0 Å². The number of pyridine rings is 1. The van der Waals surface area contributed by atoms with E-state index < -0.39 is 5.97 Å². The summed E-state index contributed by atoms with van der Waals surface area (Å²) >= 11 is 0. The molecule has 0 fully saturated rings. The maximum atomic E-state index is 12.3. The van der Waals surface area contributed by atoms with E-state index in [0.29, 0.717) is 25.5 Å². The average Bonchev–Trinajstić information content (AvgIpc) is 2.94. The van der Waals surface area contributed by atoms with E-state index in [0.717, 1.165) is 0 Å². The van der Waals surface area contributed by atoms with E-state index in [2.05, 4.69) is 15.2 Å². The summed E-state index contributed by atoms with van der Waals surface area (Å²) in [7, 11) is 0. The molecule has 0 aromatic carbocycles. The molecule has 102 valence electrons. The van der Waals surface area contributed by atoms with Crippen LogP contribution in [0.3, 0.4) is 0 Å². The molecule has 1 amide bonds. The second-order valence-corrected chi connectivity index (χ2v) is 4.38. The Morgan fingerprint density at radius 2 is 2.00 bits per heavy atom. The Morgan fingerprint density at radius 1 is 1.20 bits per heavy atom. The molecule has 3 rings (SSSR count). The van der Waals surface area contributed by atoms with Gasteiger partial charge in [-0.2, -0.15) is 0 Å². The minimum absolute atomic E-state index is 0.123. The molecule has 0 bridgehead atoms. The normalized spacial score (nSPS) is 13.9. The highest BCUT2D eigenvalue weighted by atomic mass is 16.4. The van der Waals surface area contributed by atoms with Gasteiger partial charge in [-0.15, -0.1) is 10.2 Å². The summed E-state index contributed by atoms with van der Waals surface area (Å²) in [6.07, 6.45) is 1.63. The first kappa shape index (κ1) is 12.3. The zero-order valence-electron chi connectivity index (χ0n) is 10.4. The van der Waals surface area contributed by atoms with E-state index in [1.165, 1.54) is 18.2 Å². The second-order valence-electron chi connectivity index (χ2n) is 4.38. The molecule has 1 aliphatic rings. The molecule has 0 saturated carbocycles. The zero-order chi connectivity index (χ0) is 14.1. The quantitative estimate of drug-likeness (QED) is 0.828. The third-order valence-electron chi connectivity index (χ3n) is 3.11. The van der Waals surface area contributed by atoms with Gasteiger partial charge in [-0.05, 0) is 12.1 Å². The Bertz CT molecular complexity index is 681. The van der Waals surface area contributed by atoms with Gasteiger partial charge in [0.1, 0.15) is 17.7 Å². The number of amides is 1. The lowest BCUT2D eigenvalue weighted by atomic mass is 10.2. The molecule has 2 aromatic rings. The molecule has 3 heterocycles. The summed E-state index contributed by atoms with van der Waals surface area (Å²) in [5, 5.41) is 16.6. The maximum absolute atomic E-state index is 12.3. The Kier molecular flexibility index (Phi) is 2.90. The van der Waals surface area contributed by atoms with Crippen molar-refractivity contribution in [2.24, 2.45) is 0 Å². The number of fused-ring (bicyclic) bond motifs is 1. The van der Waals surface area contributed by atoms with E-state index >= 15 is 0 Å². The molecule has 0 radical (unpaired) electrons. The van der Waals surface area contributed by atoms with Crippen LogP contribution in [0.25, 0.3) is 0 Å². The number of hydrogen-bond acceptors (Lipinski definition) is 5. The molecule has 0 saturated heterocycles. The predicted molar refractivity (Wildman–Crippen MR) is 66.0 cm³/mol. The molecular weight excluding hydrogens is 262 g/mol. The molecule has 0 atom stereocenters. The number of rotatable bonds is 2. The maximum Gasteiger partial charge on any atom is 0.354 e. The monoisotopic (exact) mass is 273 g/mol. The van der Waals surface area contributed by atoms with Crippen LogP contribution in [0.2, 0.25) is 0 Å². The largest absolute Gasteiger partial charge is 0.477 e. The first-order valence-electron chi connectivity index (χ1n) is 6.01. The van der Waals surface area contributed by atoms with Crippen molar-refractivity contribution in [2.45, 2.75) is 13.1 Å². The van der Waals surface area contributed by atoms with Gasteiger partial charge in [-0.3, -0.25) is 4.79 Å². The molecule has 0 unspecified atom stereocenters. The van der Waals surface area contributed by atoms with Gasteiger partial charge in [-0.25, -0.2) is 9.78 Å². The highest BCUT2D eigenvalue weighted by Crippen LogP contribution is 2.12. The Balaban J connectivity index is 1.83. The van der Waals surface area contributed by atoms with Crippen molar-refractivity contribution < 1.29 is 14.7 Å². The van der Waals surface area contributed by atoms with Gasteiger partial charge in [-0.1, -0.05) is 6.07 Å². The van der Waals surface area contributed by atoms with Crippen LogP contribution in [-0.2, 0) is 13.1 Å². The minimum Gasteiger partial charge on any atom is -0.477 e. The molecule has 8 heteroatoms. The second kappa shape index (κ2) is 4.72. The van der Waals surface area contributed by atoms with Crippen LogP contribution >= 0.6 is 0 Å². The molecule has 20 heavy (non-hydrogen) atoms. The summed E-state index contributed by atoms with van der Waals surface area (Å²) in [5.74, 6) is -0.751. The summed E-state index contributed by atoms with van der Waals surface area (Å²) in [6, 6.07) is 4.37. The number of aromatic nitrogens is 4. The fourth-order valence-electron chi connectivity index (χ4n) is 2.07. The lowest BCUT2D eigenvalue weighted by molar-refractivity contribution is 0.0687. The zero-order valence-corrected chi connectivity index (χ0v) is 10.4. The van der Waals surface area contributed by atoms with Crippen molar-refractivity contribution in [1.82, 2.24) is 24.6 Å². The smallest absolute Gasteiger partial charge is 0.354 e. The van der Waals surface area contributed by atoms with Crippen LogP contribution in [0.1, 0.15) is 26.8 Å². The van der Waals surface area contributed by atoms with Crippen molar-refractivity contribution in [3.8, 4) is 0 Å². The fraction of sp³-hybridized carbons (Fsp3) is 0.250.